The summed E-state index contributed by atoms with van der Waals surface area (Å²) < 4.78 is 5.54. The molecule has 0 aliphatic carbocycles. The average Bonchev–Trinajstić information content (AvgIpc) is 2.74. The maximum Gasteiger partial charge on any atom is 0.0591 e. The molecule has 0 aliphatic heterocycles. The van der Waals surface area contributed by atoms with Crippen LogP contribution in [0.15, 0.2) is 17.5 Å². The predicted octanol–water partition coefficient (Wildman–Crippen LogP) is 1.46. The van der Waals surface area contributed by atoms with E-state index in [0.717, 1.165) is 39.3 Å². The summed E-state index contributed by atoms with van der Waals surface area (Å²) in [5, 5.41) is 5.46. The Balaban J connectivity index is 1.82. The lowest BCUT2D eigenvalue weighted by Gasteiger charge is -2.10. The number of nitrogens with one attached hydrogen (secondary N) is 1. The molecule has 92 valence electrons. The topological polar surface area (TPSA) is 24.5 Å². The molecule has 0 amide bonds. The first-order valence-corrected chi connectivity index (χ1v) is 6.62. The van der Waals surface area contributed by atoms with Gasteiger partial charge in [0.15, 0.2) is 0 Å². The second kappa shape index (κ2) is 8.70. The summed E-state index contributed by atoms with van der Waals surface area (Å²) in [6.45, 7) is 4.68. The molecule has 16 heavy (non-hydrogen) atoms. The smallest absolute Gasteiger partial charge is 0.0591 e. The van der Waals surface area contributed by atoms with Crippen molar-refractivity contribution in [3.8, 4) is 0 Å². The molecular weight excluding hydrogens is 220 g/mol. The van der Waals surface area contributed by atoms with Crippen molar-refractivity contribution in [3.05, 3.63) is 22.4 Å². The summed E-state index contributed by atoms with van der Waals surface area (Å²) in [6, 6.07) is 4.24. The van der Waals surface area contributed by atoms with Crippen molar-refractivity contribution in [3.63, 3.8) is 0 Å². The maximum atomic E-state index is 5.54. The molecule has 0 bridgehead atoms. The summed E-state index contributed by atoms with van der Waals surface area (Å²) in [6.07, 6.45) is 1.04. The first kappa shape index (κ1) is 13.6. The lowest BCUT2D eigenvalue weighted by atomic mass is 10.4. The Morgan fingerprint density at radius 2 is 2.19 bits per heavy atom. The van der Waals surface area contributed by atoms with Crippen molar-refractivity contribution in [1.29, 1.82) is 0 Å². The van der Waals surface area contributed by atoms with Crippen LogP contribution >= 0.6 is 11.3 Å². The summed E-state index contributed by atoms with van der Waals surface area (Å²) in [7, 11) is 4.17. The lowest BCUT2D eigenvalue weighted by molar-refractivity contribution is 0.139. The van der Waals surface area contributed by atoms with Gasteiger partial charge < -0.3 is 15.0 Å². The van der Waals surface area contributed by atoms with Crippen LogP contribution in [-0.2, 0) is 11.2 Å². The monoisotopic (exact) mass is 242 g/mol. The van der Waals surface area contributed by atoms with E-state index in [0.29, 0.717) is 0 Å². The van der Waals surface area contributed by atoms with Gasteiger partial charge in [-0.05, 0) is 25.5 Å². The molecule has 0 fully saturated rings. The van der Waals surface area contributed by atoms with E-state index in [1.807, 2.05) is 0 Å². The zero-order valence-electron chi connectivity index (χ0n) is 10.2. The maximum absolute atomic E-state index is 5.54. The van der Waals surface area contributed by atoms with Crippen LogP contribution in [0.2, 0.25) is 0 Å². The van der Waals surface area contributed by atoms with Gasteiger partial charge in [0.2, 0.25) is 0 Å². The fourth-order valence-corrected chi connectivity index (χ4v) is 1.99. The zero-order valence-corrected chi connectivity index (χ0v) is 11.1. The standard InChI is InChI=1S/C12H22N2OS/c1-14(2)8-6-13-7-10-15-9-5-12-4-3-11-16-12/h3-4,11,13H,5-10H2,1-2H3. The molecule has 1 heterocycles. The summed E-state index contributed by atoms with van der Waals surface area (Å²) >= 11 is 1.80. The normalized spacial score (nSPS) is 11.2. The number of nitrogens with zero attached hydrogens (tertiary/aromatic N) is 1. The molecule has 1 aromatic rings. The molecule has 3 nitrogen and oxygen atoms in total. The van der Waals surface area contributed by atoms with E-state index in [1.54, 1.807) is 11.3 Å². The van der Waals surface area contributed by atoms with Crippen LogP contribution in [0.4, 0.5) is 0 Å². The molecule has 4 heteroatoms. The summed E-state index contributed by atoms with van der Waals surface area (Å²) in [5.74, 6) is 0. The van der Waals surface area contributed by atoms with Gasteiger partial charge in [0.05, 0.1) is 13.2 Å². The van der Waals surface area contributed by atoms with Gasteiger partial charge in [-0.15, -0.1) is 11.3 Å². The Bertz CT molecular complexity index is 250. The highest BCUT2D eigenvalue weighted by atomic mass is 32.1. The van der Waals surface area contributed by atoms with Crippen molar-refractivity contribution < 1.29 is 4.74 Å². The molecule has 0 aromatic carbocycles. The molecular formula is C12H22N2OS. The first-order chi connectivity index (χ1) is 7.79. The summed E-state index contributed by atoms with van der Waals surface area (Å²) in [4.78, 5) is 3.57. The number of hydrogen-bond donors (Lipinski definition) is 1. The molecule has 0 radical (unpaired) electrons. The van der Waals surface area contributed by atoms with E-state index >= 15 is 0 Å². The van der Waals surface area contributed by atoms with E-state index in [9.17, 15) is 0 Å². The third-order valence-electron chi connectivity index (χ3n) is 2.23. The van der Waals surface area contributed by atoms with Crippen molar-refractivity contribution in [2.45, 2.75) is 6.42 Å². The van der Waals surface area contributed by atoms with Gasteiger partial charge in [0.25, 0.3) is 0 Å². The van der Waals surface area contributed by atoms with Gasteiger partial charge in [0.1, 0.15) is 0 Å². The Labute approximate surface area is 102 Å². The van der Waals surface area contributed by atoms with Gasteiger partial charge in [-0.3, -0.25) is 0 Å². The van der Waals surface area contributed by atoms with Crippen molar-refractivity contribution in [2.24, 2.45) is 0 Å². The molecule has 1 rings (SSSR count). The number of rotatable bonds is 9. The number of hydrogen-bond acceptors (Lipinski definition) is 4. The molecule has 0 saturated carbocycles. The van der Waals surface area contributed by atoms with Gasteiger partial charge in [0, 0.05) is 30.9 Å². The second-order valence-electron chi connectivity index (χ2n) is 4.00. The minimum atomic E-state index is 0.804. The van der Waals surface area contributed by atoms with E-state index in [-0.39, 0.29) is 0 Å². The Morgan fingerprint density at radius 3 is 2.88 bits per heavy atom. The zero-order chi connectivity index (χ0) is 11.6. The molecule has 0 aliphatic rings. The molecule has 0 spiro atoms. The number of likely N-dealkylation sites (N-methyl/N-ethyl adjacent to an activating group) is 1. The van der Waals surface area contributed by atoms with Gasteiger partial charge >= 0.3 is 0 Å². The molecule has 0 unspecified atom stereocenters. The second-order valence-corrected chi connectivity index (χ2v) is 5.03. The highest BCUT2D eigenvalue weighted by molar-refractivity contribution is 7.09. The molecule has 0 saturated heterocycles. The van der Waals surface area contributed by atoms with Crippen molar-refractivity contribution >= 4 is 11.3 Å². The Hall–Kier alpha value is -0.420. The van der Waals surface area contributed by atoms with Gasteiger partial charge in [-0.2, -0.15) is 0 Å². The molecule has 0 atom stereocenters. The van der Waals surface area contributed by atoms with E-state index in [4.69, 9.17) is 4.74 Å². The van der Waals surface area contributed by atoms with E-state index < -0.39 is 0 Å². The van der Waals surface area contributed by atoms with Crippen LogP contribution in [0, 0.1) is 0 Å². The van der Waals surface area contributed by atoms with Crippen LogP contribution in [0.5, 0.6) is 0 Å². The van der Waals surface area contributed by atoms with Gasteiger partial charge in [-0.25, -0.2) is 0 Å². The highest BCUT2D eigenvalue weighted by Gasteiger charge is 1.94. The minimum absolute atomic E-state index is 0.804. The predicted molar refractivity (Wildman–Crippen MR) is 70.3 cm³/mol. The van der Waals surface area contributed by atoms with Crippen LogP contribution in [-0.4, -0.2) is 51.8 Å². The first-order valence-electron chi connectivity index (χ1n) is 5.74. The van der Waals surface area contributed by atoms with E-state index in [1.165, 1.54) is 4.88 Å². The van der Waals surface area contributed by atoms with Crippen LogP contribution in [0.3, 0.4) is 0 Å². The fourth-order valence-electron chi connectivity index (χ4n) is 1.30. The molecule has 1 aromatic heterocycles. The van der Waals surface area contributed by atoms with Crippen LogP contribution in [0.25, 0.3) is 0 Å². The SMILES string of the molecule is CN(C)CCNCCOCCc1cccs1. The third kappa shape index (κ3) is 6.95. The lowest BCUT2D eigenvalue weighted by Crippen LogP contribution is -2.29. The van der Waals surface area contributed by atoms with Gasteiger partial charge in [-0.1, -0.05) is 6.07 Å². The average molecular weight is 242 g/mol. The Kier molecular flexibility index (Phi) is 7.42. The number of thiophene rings is 1. The van der Waals surface area contributed by atoms with Crippen LogP contribution < -0.4 is 5.32 Å². The quantitative estimate of drug-likeness (QED) is 0.664. The third-order valence-corrected chi connectivity index (χ3v) is 3.17. The van der Waals surface area contributed by atoms with Crippen LogP contribution in [0.1, 0.15) is 4.88 Å². The number of ether oxygens (including phenoxy) is 1. The largest absolute Gasteiger partial charge is 0.380 e. The van der Waals surface area contributed by atoms with Crippen molar-refractivity contribution in [2.75, 3.05) is 46.9 Å². The van der Waals surface area contributed by atoms with Crippen molar-refractivity contribution in [1.82, 2.24) is 10.2 Å². The highest BCUT2D eigenvalue weighted by Crippen LogP contribution is 2.08. The van der Waals surface area contributed by atoms with E-state index in [2.05, 4.69) is 41.8 Å². The fraction of sp³-hybridized carbons (Fsp3) is 0.667. The Morgan fingerprint density at radius 1 is 1.31 bits per heavy atom. The minimum Gasteiger partial charge on any atom is -0.380 e. The summed E-state index contributed by atoms with van der Waals surface area (Å²) in [5.41, 5.74) is 0. The molecule has 1 N–H and O–H groups in total.